The van der Waals surface area contributed by atoms with Gasteiger partial charge in [-0.3, -0.25) is 0 Å². The molecule has 3 heterocycles. The minimum absolute atomic E-state index is 0.596. The van der Waals surface area contributed by atoms with Crippen molar-refractivity contribution in [2.75, 3.05) is 0 Å². The molecule has 0 saturated heterocycles. The zero-order chi connectivity index (χ0) is 42.1. The fourth-order valence-electron chi connectivity index (χ4n) is 9.47. The molecule has 0 amide bonds. The summed E-state index contributed by atoms with van der Waals surface area (Å²) in [6.45, 7) is 0. The quantitative estimate of drug-likeness (QED) is 0.156. The monoisotopic (exact) mass is 817 g/mol. The molecule has 6 heteroatoms. The minimum atomic E-state index is 0.596. The summed E-state index contributed by atoms with van der Waals surface area (Å²) in [6, 6.07) is 74.0. The van der Waals surface area contributed by atoms with E-state index in [0.29, 0.717) is 23.4 Å². The normalized spacial score (nSPS) is 11.8. The van der Waals surface area contributed by atoms with E-state index >= 15 is 0 Å². The Morgan fingerprint density at radius 3 is 1.75 bits per heavy atom. The first-order valence-electron chi connectivity index (χ1n) is 21.5. The Kier molecular flexibility index (Phi) is 8.11. The molecule has 6 nitrogen and oxygen atoms in total. The van der Waals surface area contributed by atoms with E-state index in [1.165, 1.54) is 0 Å². The number of oxazole rings is 1. The lowest BCUT2D eigenvalue weighted by Crippen LogP contribution is -2.01. The number of aromatic nitrogens is 5. The third kappa shape index (κ3) is 5.81. The van der Waals surface area contributed by atoms with Crippen LogP contribution in [0.5, 0.6) is 0 Å². The van der Waals surface area contributed by atoms with Gasteiger partial charge < -0.3 is 8.98 Å². The highest BCUT2D eigenvalue weighted by Gasteiger charge is 2.20. The highest BCUT2D eigenvalue weighted by atomic mass is 16.3. The summed E-state index contributed by atoms with van der Waals surface area (Å²) in [6.07, 6.45) is 0. The van der Waals surface area contributed by atoms with Crippen LogP contribution in [-0.4, -0.2) is 24.5 Å². The Morgan fingerprint density at radius 1 is 0.344 bits per heavy atom. The SMILES string of the molecule is c1ccc(-c2cccc(-c3nc(-c4ccc5c(c4)c4ccccc4n5-c4ccccc4)nc(-c4cccc5c4ccc4ccc6ccc7nc(-c8ccccc8)oc7c6c45)n3)c2)cc1. The molecule has 0 unspecified atom stereocenters. The molecular weight excluding hydrogens is 783 g/mol. The van der Waals surface area contributed by atoms with Gasteiger partial charge in [-0.1, -0.05) is 152 Å². The van der Waals surface area contributed by atoms with Crippen LogP contribution >= 0.6 is 0 Å². The molecule has 0 aliphatic carbocycles. The molecular formula is C58H35N5O. The predicted octanol–water partition coefficient (Wildman–Crippen LogP) is 14.9. The summed E-state index contributed by atoms with van der Waals surface area (Å²) < 4.78 is 8.97. The van der Waals surface area contributed by atoms with Gasteiger partial charge in [0.15, 0.2) is 23.1 Å². The Balaban J connectivity index is 1.04. The second-order valence-electron chi connectivity index (χ2n) is 16.2. The smallest absolute Gasteiger partial charge is 0.227 e. The molecule has 0 saturated carbocycles. The second kappa shape index (κ2) is 14.4. The third-order valence-electron chi connectivity index (χ3n) is 12.4. The van der Waals surface area contributed by atoms with Gasteiger partial charge in [0.2, 0.25) is 5.89 Å². The second-order valence-corrected chi connectivity index (χ2v) is 16.2. The molecule has 0 radical (unpaired) electrons. The summed E-state index contributed by atoms with van der Waals surface area (Å²) in [7, 11) is 0. The zero-order valence-corrected chi connectivity index (χ0v) is 34.4. The Labute approximate surface area is 367 Å². The maximum atomic E-state index is 6.65. The molecule has 0 aliphatic rings. The minimum Gasteiger partial charge on any atom is -0.435 e. The largest absolute Gasteiger partial charge is 0.435 e. The maximum absolute atomic E-state index is 6.65. The summed E-state index contributed by atoms with van der Waals surface area (Å²) in [4.78, 5) is 20.9. The lowest BCUT2D eigenvalue weighted by molar-refractivity contribution is 0.623. The number of para-hydroxylation sites is 2. The van der Waals surface area contributed by atoms with Crippen molar-refractivity contribution in [3.63, 3.8) is 0 Å². The fourth-order valence-corrected chi connectivity index (χ4v) is 9.47. The third-order valence-corrected chi connectivity index (χ3v) is 12.4. The van der Waals surface area contributed by atoms with Crippen molar-refractivity contribution >= 4 is 65.2 Å². The number of fused-ring (bicyclic) bond motifs is 10. The van der Waals surface area contributed by atoms with Crippen LogP contribution in [0.15, 0.2) is 217 Å². The van der Waals surface area contributed by atoms with Crippen LogP contribution in [0.1, 0.15) is 0 Å². The molecule has 0 bridgehead atoms. The highest BCUT2D eigenvalue weighted by molar-refractivity contribution is 6.27. The average Bonchev–Trinajstić information content (AvgIpc) is 3.96. The van der Waals surface area contributed by atoms with Crippen LogP contribution in [-0.2, 0) is 0 Å². The van der Waals surface area contributed by atoms with Gasteiger partial charge in [0.25, 0.3) is 0 Å². The van der Waals surface area contributed by atoms with Crippen molar-refractivity contribution in [3.8, 4) is 62.4 Å². The van der Waals surface area contributed by atoms with Crippen LogP contribution in [0.4, 0.5) is 0 Å². The van der Waals surface area contributed by atoms with E-state index in [1.807, 2.05) is 42.5 Å². The zero-order valence-electron chi connectivity index (χ0n) is 34.4. The molecule has 0 aliphatic heterocycles. The molecule has 0 N–H and O–H groups in total. The van der Waals surface area contributed by atoms with E-state index in [2.05, 4.69) is 174 Å². The average molecular weight is 818 g/mol. The van der Waals surface area contributed by atoms with E-state index in [1.54, 1.807) is 0 Å². The number of nitrogens with zero attached hydrogens (tertiary/aromatic N) is 5. The van der Waals surface area contributed by atoms with Gasteiger partial charge in [-0.15, -0.1) is 0 Å². The van der Waals surface area contributed by atoms with Gasteiger partial charge in [0.1, 0.15) is 5.52 Å². The summed E-state index contributed by atoms with van der Waals surface area (Å²) >= 11 is 0. The van der Waals surface area contributed by atoms with Crippen molar-refractivity contribution in [2.24, 2.45) is 0 Å². The molecule has 10 aromatic carbocycles. The van der Waals surface area contributed by atoms with E-state index in [-0.39, 0.29) is 0 Å². The Morgan fingerprint density at radius 2 is 0.938 bits per heavy atom. The van der Waals surface area contributed by atoms with Crippen LogP contribution in [0.2, 0.25) is 0 Å². The van der Waals surface area contributed by atoms with Crippen LogP contribution in [0, 0.1) is 0 Å². The first-order chi connectivity index (χ1) is 31.7. The van der Waals surface area contributed by atoms with E-state index in [9.17, 15) is 0 Å². The lowest BCUT2D eigenvalue weighted by Gasteiger charge is -2.13. The van der Waals surface area contributed by atoms with Crippen LogP contribution in [0.25, 0.3) is 128 Å². The lowest BCUT2D eigenvalue weighted by atomic mass is 9.93. The highest BCUT2D eigenvalue weighted by Crippen LogP contribution is 2.41. The van der Waals surface area contributed by atoms with E-state index in [4.69, 9.17) is 24.4 Å². The van der Waals surface area contributed by atoms with Crippen molar-refractivity contribution in [1.82, 2.24) is 24.5 Å². The molecule has 13 aromatic rings. The molecule has 3 aromatic heterocycles. The molecule has 13 rings (SSSR count). The van der Waals surface area contributed by atoms with Crippen LogP contribution in [0.3, 0.4) is 0 Å². The molecule has 0 spiro atoms. The van der Waals surface area contributed by atoms with Crippen LogP contribution < -0.4 is 0 Å². The first-order valence-corrected chi connectivity index (χ1v) is 21.5. The van der Waals surface area contributed by atoms with E-state index < -0.39 is 0 Å². The summed E-state index contributed by atoms with van der Waals surface area (Å²) in [5.41, 5.74) is 10.9. The number of benzene rings is 10. The van der Waals surface area contributed by atoms with Crippen molar-refractivity contribution < 1.29 is 4.42 Å². The summed E-state index contributed by atoms with van der Waals surface area (Å²) in [5.74, 6) is 2.40. The first kappa shape index (κ1) is 36.0. The molecule has 298 valence electrons. The van der Waals surface area contributed by atoms with Gasteiger partial charge in [0, 0.05) is 49.5 Å². The number of rotatable bonds is 6. The fraction of sp³-hybridized carbons (Fsp3) is 0. The van der Waals surface area contributed by atoms with Gasteiger partial charge in [-0.2, -0.15) is 0 Å². The number of hydrogen-bond acceptors (Lipinski definition) is 5. The molecule has 0 atom stereocenters. The van der Waals surface area contributed by atoms with Gasteiger partial charge in [-0.25, -0.2) is 19.9 Å². The van der Waals surface area contributed by atoms with Crippen molar-refractivity contribution in [3.05, 3.63) is 212 Å². The van der Waals surface area contributed by atoms with Gasteiger partial charge in [0.05, 0.1) is 11.0 Å². The maximum Gasteiger partial charge on any atom is 0.227 e. The topological polar surface area (TPSA) is 69.6 Å². The standard InChI is InChI=1S/C58H35N5O/c1-4-14-36(15-5-1)40-18-12-19-41(34-40)55-60-56(42-30-33-51-48(35-42)45-22-10-11-25-50(45)63(51)43-20-8-3-9-21-43)62-57(61-55)47-24-13-23-46-44(47)31-28-37-26-27-38-29-32-49-54(53(38)52(37)46)64-58(59-49)39-16-6-2-7-17-39/h1-35H. The Hall–Kier alpha value is -8.74. The summed E-state index contributed by atoms with van der Waals surface area (Å²) in [5, 5.41) is 8.73. The molecule has 0 fully saturated rings. The van der Waals surface area contributed by atoms with E-state index in [0.717, 1.165) is 104 Å². The van der Waals surface area contributed by atoms with Crippen molar-refractivity contribution in [2.45, 2.75) is 0 Å². The Bertz CT molecular complexity index is 3950. The van der Waals surface area contributed by atoms with Gasteiger partial charge >= 0.3 is 0 Å². The van der Waals surface area contributed by atoms with Gasteiger partial charge in [-0.05, 0) is 93.3 Å². The predicted molar refractivity (Wildman–Crippen MR) is 261 cm³/mol. The molecule has 64 heavy (non-hydrogen) atoms. The van der Waals surface area contributed by atoms with Crippen molar-refractivity contribution in [1.29, 1.82) is 0 Å². The number of hydrogen-bond donors (Lipinski definition) is 0.